The van der Waals surface area contributed by atoms with Crippen LogP contribution in [0.4, 0.5) is 41.2 Å². The van der Waals surface area contributed by atoms with Crippen molar-refractivity contribution in [2.75, 3.05) is 18.6 Å². The molecule has 1 aliphatic rings. The largest absolute Gasteiger partial charge is 0.435 e. The standard InChI is InChI=1S/C20H17F7N4O3/c1-34-11-16(32)31-15-5-4-14(18(21,19(22,23)24)20(25,26)27)7-13(15)10-30(17(31)33)29-9-12-3-2-6-28-8-12/h2-8,29H,9-11H2,1H3. The van der Waals surface area contributed by atoms with Gasteiger partial charge < -0.3 is 4.74 Å². The maximum Gasteiger partial charge on any atom is 0.435 e. The number of methoxy groups -OCH3 is 1. The Kier molecular flexibility index (Phi) is 6.85. The van der Waals surface area contributed by atoms with E-state index in [4.69, 9.17) is 4.74 Å². The summed E-state index contributed by atoms with van der Waals surface area (Å²) >= 11 is 0. The Bertz CT molecular complexity index is 1050. The summed E-state index contributed by atoms with van der Waals surface area (Å²) < 4.78 is 98.5. The van der Waals surface area contributed by atoms with Gasteiger partial charge in [-0.3, -0.25) is 14.8 Å². The van der Waals surface area contributed by atoms with Gasteiger partial charge in [0.05, 0.1) is 12.2 Å². The van der Waals surface area contributed by atoms with Crippen LogP contribution in [-0.4, -0.2) is 48.0 Å². The lowest BCUT2D eigenvalue weighted by Crippen LogP contribution is -2.55. The van der Waals surface area contributed by atoms with E-state index < -0.39 is 48.7 Å². The lowest BCUT2D eigenvalue weighted by Gasteiger charge is -2.37. The summed E-state index contributed by atoms with van der Waals surface area (Å²) in [6, 6.07) is 3.54. The SMILES string of the molecule is COCC(=O)N1C(=O)N(NCc2cccnc2)Cc2cc(C(F)(C(F)(F)F)C(F)(F)F)ccc21. The number of hydrogen-bond acceptors (Lipinski definition) is 5. The van der Waals surface area contributed by atoms with E-state index in [2.05, 4.69) is 10.4 Å². The Morgan fingerprint density at radius 3 is 2.35 bits per heavy atom. The van der Waals surface area contributed by atoms with Gasteiger partial charge >= 0.3 is 24.1 Å². The summed E-state index contributed by atoms with van der Waals surface area (Å²) in [4.78, 5) is 29.8. The zero-order valence-corrected chi connectivity index (χ0v) is 17.4. The van der Waals surface area contributed by atoms with E-state index in [1.54, 1.807) is 12.1 Å². The van der Waals surface area contributed by atoms with E-state index in [1.807, 2.05) is 0 Å². The molecule has 2 heterocycles. The fraction of sp³-hybridized carbons (Fsp3) is 0.350. The number of anilines is 1. The smallest absolute Gasteiger partial charge is 0.375 e. The van der Waals surface area contributed by atoms with E-state index in [0.29, 0.717) is 22.6 Å². The van der Waals surface area contributed by atoms with Crippen molar-refractivity contribution in [1.29, 1.82) is 0 Å². The zero-order valence-electron chi connectivity index (χ0n) is 17.4. The average molecular weight is 494 g/mol. The van der Waals surface area contributed by atoms with Gasteiger partial charge in [-0.2, -0.15) is 26.3 Å². The number of amides is 3. The Balaban J connectivity index is 2.05. The second-order valence-electron chi connectivity index (χ2n) is 7.22. The number of aromatic nitrogens is 1. The van der Waals surface area contributed by atoms with Gasteiger partial charge in [0.25, 0.3) is 5.91 Å². The highest BCUT2D eigenvalue weighted by Gasteiger charge is 2.73. The number of fused-ring (bicyclic) bond motifs is 1. The lowest BCUT2D eigenvalue weighted by molar-refractivity contribution is -0.348. The van der Waals surface area contributed by atoms with Crippen LogP contribution in [0.15, 0.2) is 42.7 Å². The number of rotatable bonds is 6. The number of alkyl halides is 7. The first-order valence-electron chi connectivity index (χ1n) is 9.52. The molecule has 3 amide bonds. The predicted octanol–water partition coefficient (Wildman–Crippen LogP) is 3.99. The first-order valence-corrected chi connectivity index (χ1v) is 9.52. The van der Waals surface area contributed by atoms with Crippen molar-refractivity contribution in [2.24, 2.45) is 0 Å². The van der Waals surface area contributed by atoms with E-state index in [9.17, 15) is 40.3 Å². The van der Waals surface area contributed by atoms with Crippen LogP contribution in [0.25, 0.3) is 0 Å². The highest BCUT2D eigenvalue weighted by molar-refractivity contribution is 6.15. The summed E-state index contributed by atoms with van der Waals surface area (Å²) in [5.74, 6) is -0.937. The summed E-state index contributed by atoms with van der Waals surface area (Å²) in [7, 11) is 1.15. The highest BCUT2D eigenvalue weighted by Crippen LogP contribution is 2.53. The van der Waals surface area contributed by atoms with Crippen LogP contribution < -0.4 is 10.3 Å². The first-order chi connectivity index (χ1) is 15.8. The van der Waals surface area contributed by atoms with Gasteiger partial charge in [0.15, 0.2) is 0 Å². The fourth-order valence-electron chi connectivity index (χ4n) is 3.34. The molecule has 0 fully saturated rings. The van der Waals surface area contributed by atoms with Crippen molar-refractivity contribution in [1.82, 2.24) is 15.4 Å². The highest BCUT2D eigenvalue weighted by atomic mass is 19.4. The van der Waals surface area contributed by atoms with Gasteiger partial charge in [-0.1, -0.05) is 12.1 Å². The Morgan fingerprint density at radius 2 is 1.79 bits per heavy atom. The third-order valence-electron chi connectivity index (χ3n) is 4.96. The minimum absolute atomic E-state index is 0.0148. The van der Waals surface area contributed by atoms with Crippen molar-refractivity contribution >= 4 is 17.6 Å². The molecule has 0 radical (unpaired) electrons. The van der Waals surface area contributed by atoms with Crippen molar-refractivity contribution in [3.63, 3.8) is 0 Å². The number of carbonyl (C=O) groups excluding carboxylic acids is 2. The topological polar surface area (TPSA) is 74.8 Å². The number of hydrogen-bond donors (Lipinski definition) is 1. The number of hydrazine groups is 1. The number of urea groups is 1. The summed E-state index contributed by atoms with van der Waals surface area (Å²) in [6.45, 7) is -1.18. The van der Waals surface area contributed by atoms with Gasteiger partial charge in [-0.25, -0.2) is 19.5 Å². The summed E-state index contributed by atoms with van der Waals surface area (Å²) in [5, 5.41) is 0.813. The van der Waals surface area contributed by atoms with Crippen molar-refractivity contribution in [3.05, 3.63) is 59.4 Å². The Labute approximate surface area is 188 Å². The molecule has 0 unspecified atom stereocenters. The van der Waals surface area contributed by atoms with E-state index >= 15 is 0 Å². The predicted molar refractivity (Wildman–Crippen MR) is 103 cm³/mol. The van der Waals surface area contributed by atoms with Crippen molar-refractivity contribution < 1.29 is 45.1 Å². The molecule has 0 saturated heterocycles. The molecule has 0 aliphatic carbocycles. The molecule has 1 aromatic carbocycles. The maximum atomic E-state index is 14.6. The van der Waals surface area contributed by atoms with Crippen LogP contribution in [0.5, 0.6) is 0 Å². The Morgan fingerprint density at radius 1 is 1.12 bits per heavy atom. The van der Waals surface area contributed by atoms with Crippen LogP contribution in [-0.2, 0) is 28.3 Å². The fourth-order valence-corrected chi connectivity index (χ4v) is 3.34. The van der Waals surface area contributed by atoms with Crippen LogP contribution >= 0.6 is 0 Å². The molecule has 0 atom stereocenters. The number of nitrogens with zero attached hydrogens (tertiary/aromatic N) is 3. The molecule has 1 N–H and O–H groups in total. The summed E-state index contributed by atoms with van der Waals surface area (Å²) in [5.41, 5.74) is -4.77. The molecule has 184 valence electrons. The molecule has 7 nitrogen and oxygen atoms in total. The van der Waals surface area contributed by atoms with Crippen LogP contribution in [0.3, 0.4) is 0 Å². The number of nitrogens with one attached hydrogen (secondary N) is 1. The second kappa shape index (κ2) is 9.18. The molecule has 0 spiro atoms. The number of carbonyl (C=O) groups is 2. The number of ether oxygens (including phenoxy) is 1. The molecular formula is C20H17F7N4O3. The van der Waals surface area contributed by atoms with Gasteiger partial charge in [-0.05, 0) is 29.3 Å². The van der Waals surface area contributed by atoms with Crippen LogP contribution in [0.2, 0.25) is 0 Å². The molecule has 0 bridgehead atoms. The van der Waals surface area contributed by atoms with Gasteiger partial charge in [0, 0.05) is 31.6 Å². The van der Waals surface area contributed by atoms with Crippen molar-refractivity contribution in [3.8, 4) is 0 Å². The molecule has 2 aromatic rings. The number of pyridine rings is 1. The molecule has 34 heavy (non-hydrogen) atoms. The quantitative estimate of drug-likeness (QED) is 0.615. The number of halogens is 7. The van der Waals surface area contributed by atoms with Crippen LogP contribution in [0, 0.1) is 0 Å². The van der Waals surface area contributed by atoms with E-state index in [1.165, 1.54) is 12.4 Å². The minimum atomic E-state index is -6.31. The average Bonchev–Trinajstić information content (AvgIpc) is 2.76. The van der Waals surface area contributed by atoms with Gasteiger partial charge in [0.2, 0.25) is 0 Å². The third-order valence-corrected chi connectivity index (χ3v) is 4.96. The second-order valence-corrected chi connectivity index (χ2v) is 7.22. The molecule has 1 aliphatic heterocycles. The number of benzene rings is 1. The minimum Gasteiger partial charge on any atom is -0.375 e. The zero-order chi connectivity index (χ0) is 25.3. The van der Waals surface area contributed by atoms with Crippen molar-refractivity contribution in [2.45, 2.75) is 31.1 Å². The lowest BCUT2D eigenvalue weighted by atomic mass is 9.91. The molecule has 0 saturated carbocycles. The van der Waals surface area contributed by atoms with E-state index in [0.717, 1.165) is 12.1 Å². The maximum absolute atomic E-state index is 14.6. The van der Waals surface area contributed by atoms with Gasteiger partial charge in [0.1, 0.15) is 6.61 Å². The van der Waals surface area contributed by atoms with Crippen LogP contribution in [0.1, 0.15) is 16.7 Å². The van der Waals surface area contributed by atoms with E-state index in [-0.39, 0.29) is 23.9 Å². The first kappa shape index (κ1) is 25.4. The summed E-state index contributed by atoms with van der Waals surface area (Å²) in [6.07, 6.45) is -9.68. The molecule has 3 rings (SSSR count). The number of imide groups is 1. The molecular weight excluding hydrogens is 477 g/mol. The third kappa shape index (κ3) is 4.55. The van der Waals surface area contributed by atoms with Gasteiger partial charge in [-0.15, -0.1) is 0 Å². The molecule has 14 heteroatoms. The monoisotopic (exact) mass is 494 g/mol. The molecule has 1 aromatic heterocycles. The Hall–Kier alpha value is -3.26. The normalized spacial score (nSPS) is 14.9.